The summed E-state index contributed by atoms with van der Waals surface area (Å²) in [7, 11) is -3.16. The Labute approximate surface area is 222 Å². The predicted molar refractivity (Wildman–Crippen MR) is 146 cm³/mol. The van der Waals surface area contributed by atoms with Crippen LogP contribution in [-0.2, 0) is 32.3 Å². The molecule has 0 bridgehead atoms. The van der Waals surface area contributed by atoms with Crippen LogP contribution in [0.15, 0.2) is 59.6 Å². The highest BCUT2D eigenvalue weighted by atomic mass is 32.2. The molecule has 0 aromatic heterocycles. The number of thioether (sulfide) groups is 1. The number of amides is 2. The van der Waals surface area contributed by atoms with E-state index in [0.717, 1.165) is 16.7 Å². The minimum Gasteiger partial charge on any atom is -0.444 e. The Hall–Kier alpha value is -2.85. The van der Waals surface area contributed by atoms with Gasteiger partial charge in [-0.2, -0.15) is 4.99 Å². The monoisotopic (exact) mass is 543 g/mol. The van der Waals surface area contributed by atoms with Crippen LogP contribution < -0.4 is 5.32 Å². The highest BCUT2D eigenvalue weighted by Crippen LogP contribution is 2.39. The minimum absolute atomic E-state index is 0.0351. The van der Waals surface area contributed by atoms with Crippen molar-refractivity contribution in [3.8, 4) is 0 Å². The number of carbonyl (C=O) groups excluding carboxylic acids is 2. The lowest BCUT2D eigenvalue weighted by Gasteiger charge is -2.25. The molecule has 10 heteroatoms. The summed E-state index contributed by atoms with van der Waals surface area (Å²) in [5.74, 6) is -0.411. The van der Waals surface area contributed by atoms with Gasteiger partial charge in [0.05, 0.1) is 17.5 Å². The lowest BCUT2D eigenvalue weighted by molar-refractivity contribution is -0.119. The highest BCUT2D eigenvalue weighted by Gasteiger charge is 2.48. The van der Waals surface area contributed by atoms with Crippen LogP contribution in [0.5, 0.6) is 0 Å². The summed E-state index contributed by atoms with van der Waals surface area (Å²) in [4.78, 5) is 32.4. The number of sulfone groups is 1. The number of benzene rings is 2. The highest BCUT2D eigenvalue weighted by molar-refractivity contribution is 8.15. The van der Waals surface area contributed by atoms with Gasteiger partial charge in [-0.25, -0.2) is 13.2 Å². The van der Waals surface area contributed by atoms with E-state index in [2.05, 4.69) is 10.3 Å². The molecule has 2 heterocycles. The Morgan fingerprint density at radius 1 is 1.08 bits per heavy atom. The van der Waals surface area contributed by atoms with E-state index in [1.165, 1.54) is 11.8 Å². The molecule has 0 saturated carbocycles. The number of alkyl carbamates (subject to hydrolysis) is 1. The first-order valence-corrected chi connectivity index (χ1v) is 14.9. The summed E-state index contributed by atoms with van der Waals surface area (Å²) in [5, 5.41) is 2.99. The lowest BCUT2D eigenvalue weighted by atomic mass is 10.1. The van der Waals surface area contributed by atoms with Crippen molar-refractivity contribution < 1.29 is 22.7 Å². The van der Waals surface area contributed by atoms with Crippen LogP contribution in [0.25, 0.3) is 0 Å². The molecule has 0 spiro atoms. The molecule has 2 saturated heterocycles. The number of ether oxygens (including phenoxy) is 1. The fourth-order valence-corrected chi connectivity index (χ4v) is 8.34. The smallest absolute Gasteiger partial charge is 0.408 e. The zero-order valence-corrected chi connectivity index (χ0v) is 23.1. The molecule has 2 amide bonds. The summed E-state index contributed by atoms with van der Waals surface area (Å²) in [6, 6.07) is 16.2. The van der Waals surface area contributed by atoms with Gasteiger partial charge in [-0.05, 0) is 38.8 Å². The zero-order valence-electron chi connectivity index (χ0n) is 21.5. The van der Waals surface area contributed by atoms with E-state index in [0.29, 0.717) is 11.7 Å². The number of hydrogen-bond donors (Lipinski definition) is 1. The van der Waals surface area contributed by atoms with Crippen LogP contribution in [0.3, 0.4) is 0 Å². The van der Waals surface area contributed by atoms with E-state index >= 15 is 0 Å². The molecular weight excluding hydrogens is 510 g/mol. The molecule has 2 aliphatic heterocycles. The largest absolute Gasteiger partial charge is 0.444 e. The first kappa shape index (κ1) is 27.2. The van der Waals surface area contributed by atoms with Crippen molar-refractivity contribution in [2.75, 3.05) is 11.5 Å². The SMILES string of the molecule is Cc1ccc(CN2C(=NC(=O)[C@H](Cc3ccccc3)NC(=O)OC(C)(C)C)S[C@H]3CS(=O)(=O)C[C@H]32)cc1. The van der Waals surface area contributed by atoms with Crippen molar-refractivity contribution in [3.05, 3.63) is 71.3 Å². The Kier molecular flexibility index (Phi) is 7.99. The minimum atomic E-state index is -3.16. The van der Waals surface area contributed by atoms with Gasteiger partial charge in [-0.3, -0.25) is 4.79 Å². The van der Waals surface area contributed by atoms with Gasteiger partial charge < -0.3 is 15.0 Å². The second-order valence-corrected chi connectivity index (χ2v) is 13.9. The van der Waals surface area contributed by atoms with Gasteiger partial charge in [0.15, 0.2) is 15.0 Å². The molecule has 2 fully saturated rings. The number of nitrogens with zero attached hydrogens (tertiary/aromatic N) is 2. The number of aliphatic imine (C=N–C) groups is 1. The molecule has 0 aliphatic carbocycles. The first-order chi connectivity index (χ1) is 17.4. The third-order valence-corrected chi connectivity index (χ3v) is 9.37. The van der Waals surface area contributed by atoms with Crippen LogP contribution in [-0.4, -0.2) is 64.9 Å². The number of hydrogen-bond acceptors (Lipinski definition) is 6. The molecule has 0 unspecified atom stereocenters. The summed E-state index contributed by atoms with van der Waals surface area (Å²) in [6.45, 7) is 7.72. The molecule has 2 aromatic rings. The topological polar surface area (TPSA) is 105 Å². The molecule has 37 heavy (non-hydrogen) atoms. The Balaban J connectivity index is 1.60. The van der Waals surface area contributed by atoms with Gasteiger partial charge in [-0.1, -0.05) is 71.9 Å². The van der Waals surface area contributed by atoms with Crippen molar-refractivity contribution in [1.82, 2.24) is 10.2 Å². The molecule has 2 aliphatic rings. The Morgan fingerprint density at radius 3 is 2.41 bits per heavy atom. The quantitative estimate of drug-likeness (QED) is 0.592. The van der Waals surface area contributed by atoms with E-state index in [1.807, 2.05) is 66.4 Å². The molecule has 1 N–H and O–H groups in total. The molecule has 8 nitrogen and oxygen atoms in total. The molecule has 4 rings (SSSR count). The van der Waals surface area contributed by atoms with E-state index in [4.69, 9.17) is 4.74 Å². The van der Waals surface area contributed by atoms with Gasteiger partial charge >= 0.3 is 6.09 Å². The second-order valence-electron chi connectivity index (χ2n) is 10.5. The number of nitrogens with one attached hydrogen (secondary N) is 1. The second kappa shape index (κ2) is 10.9. The van der Waals surface area contributed by atoms with Crippen molar-refractivity contribution in [1.29, 1.82) is 0 Å². The molecule has 198 valence electrons. The normalized spacial score (nSPS) is 22.5. The third kappa shape index (κ3) is 7.35. The van der Waals surface area contributed by atoms with Crippen LogP contribution >= 0.6 is 11.8 Å². The van der Waals surface area contributed by atoms with Gasteiger partial charge in [0.1, 0.15) is 11.6 Å². The maximum atomic E-state index is 13.5. The number of carbonyl (C=O) groups is 2. The lowest BCUT2D eigenvalue weighted by Crippen LogP contribution is -2.45. The van der Waals surface area contributed by atoms with Crippen molar-refractivity contribution in [2.45, 2.75) is 63.6 Å². The third-order valence-electron chi connectivity index (χ3n) is 6.13. The van der Waals surface area contributed by atoms with Gasteiger partial charge in [0, 0.05) is 18.2 Å². The average molecular weight is 544 g/mol. The van der Waals surface area contributed by atoms with E-state index < -0.39 is 33.5 Å². The zero-order chi connectivity index (χ0) is 26.8. The van der Waals surface area contributed by atoms with Gasteiger partial charge in [-0.15, -0.1) is 0 Å². The van der Waals surface area contributed by atoms with Crippen molar-refractivity contribution >= 4 is 38.8 Å². The first-order valence-electron chi connectivity index (χ1n) is 12.2. The van der Waals surface area contributed by atoms with E-state index in [-0.39, 0.29) is 29.2 Å². The van der Waals surface area contributed by atoms with Crippen molar-refractivity contribution in [2.24, 2.45) is 4.99 Å². The van der Waals surface area contributed by atoms with Gasteiger partial charge in [0.25, 0.3) is 5.91 Å². The van der Waals surface area contributed by atoms with Crippen LogP contribution in [0.1, 0.15) is 37.5 Å². The average Bonchev–Trinajstić information content (AvgIpc) is 3.25. The van der Waals surface area contributed by atoms with Crippen LogP contribution in [0, 0.1) is 6.92 Å². The molecule has 3 atom stereocenters. The fourth-order valence-electron chi connectivity index (χ4n) is 4.38. The summed E-state index contributed by atoms with van der Waals surface area (Å²) in [6.07, 6.45) is -0.444. The summed E-state index contributed by atoms with van der Waals surface area (Å²) >= 11 is 1.33. The standard InChI is InChI=1S/C27H33N3O5S2/c1-18-10-12-20(13-11-18)15-30-22-16-37(33,34)17-23(22)36-25(30)29-24(31)21(14-19-8-6-5-7-9-19)28-26(32)35-27(2,3)4/h5-13,21-23H,14-17H2,1-4H3,(H,28,32)/t21-,22+,23-/m0/s1. The summed E-state index contributed by atoms with van der Waals surface area (Å²) in [5.41, 5.74) is 2.28. The number of amidine groups is 1. The maximum Gasteiger partial charge on any atom is 0.408 e. The number of fused-ring (bicyclic) bond motifs is 1. The maximum absolute atomic E-state index is 13.5. The molecule has 2 aromatic carbocycles. The summed E-state index contributed by atoms with van der Waals surface area (Å²) < 4.78 is 30.1. The van der Waals surface area contributed by atoms with Crippen LogP contribution in [0.2, 0.25) is 0 Å². The van der Waals surface area contributed by atoms with Gasteiger partial charge in [0.2, 0.25) is 0 Å². The fraction of sp³-hybridized carbons (Fsp3) is 0.444. The predicted octanol–water partition coefficient (Wildman–Crippen LogP) is 3.73. The Morgan fingerprint density at radius 2 is 1.76 bits per heavy atom. The Bertz CT molecular complexity index is 1270. The molecular formula is C27H33N3O5S2. The van der Waals surface area contributed by atoms with Crippen LogP contribution in [0.4, 0.5) is 4.79 Å². The number of aryl methyl sites for hydroxylation is 1. The van der Waals surface area contributed by atoms with Crippen molar-refractivity contribution in [3.63, 3.8) is 0 Å². The molecule has 0 radical (unpaired) electrons. The van der Waals surface area contributed by atoms with E-state index in [9.17, 15) is 18.0 Å². The number of rotatable bonds is 6. The van der Waals surface area contributed by atoms with E-state index in [1.54, 1.807) is 20.8 Å².